The highest BCUT2D eigenvalue weighted by molar-refractivity contribution is 6.14. The number of phenols is 4. The minimum Gasteiger partial charge on any atom is -0.508 e. The van der Waals surface area contributed by atoms with Crippen LogP contribution in [0.3, 0.4) is 0 Å². The summed E-state index contributed by atoms with van der Waals surface area (Å²) in [6, 6.07) is 6.41. The molecule has 1 aliphatic rings. The number of phenolic OH excluding ortho intramolecular Hbond substituents is 4. The summed E-state index contributed by atoms with van der Waals surface area (Å²) in [7, 11) is 0. The molecule has 33 heavy (non-hydrogen) atoms. The normalized spacial score (nSPS) is 27.4. The van der Waals surface area contributed by atoms with Crippen LogP contribution >= 0.6 is 0 Å². The fourth-order valence-corrected chi connectivity index (χ4v) is 3.20. The largest absolute Gasteiger partial charge is 0.508 e. The summed E-state index contributed by atoms with van der Waals surface area (Å²) in [4.78, 5) is 24.9. The number of carboxylic acid groups (broad SMARTS) is 1. The van der Waals surface area contributed by atoms with E-state index in [1.165, 1.54) is 6.07 Å². The van der Waals surface area contributed by atoms with Crippen molar-refractivity contribution >= 4 is 17.8 Å². The van der Waals surface area contributed by atoms with Crippen molar-refractivity contribution in [3.8, 4) is 28.7 Å². The van der Waals surface area contributed by atoms with Crippen molar-refractivity contribution in [2.75, 3.05) is 0 Å². The summed E-state index contributed by atoms with van der Waals surface area (Å²) in [6.45, 7) is 0. The smallest absolute Gasteiger partial charge is 0.347 e. The zero-order chi connectivity index (χ0) is 24.5. The molecule has 0 radical (unpaired) electrons. The van der Waals surface area contributed by atoms with E-state index in [9.17, 15) is 50.4 Å². The molecule has 0 spiro atoms. The molecule has 2 aromatic carbocycles. The van der Waals surface area contributed by atoms with Crippen LogP contribution in [0.2, 0.25) is 0 Å². The standard InChI is InChI=1S/C21H20O12/c22-10-6-11(23)8-12(7-10)32-19-17(28)16(27)18(29)21(33-19,20(30)31)15(26)4-2-9-1-3-13(24)14(25)5-9/h1-8,16-19,22-25,27-29H,(H,30,31). The highest BCUT2D eigenvalue weighted by Crippen LogP contribution is 2.35. The van der Waals surface area contributed by atoms with Gasteiger partial charge in [-0.1, -0.05) is 12.1 Å². The van der Waals surface area contributed by atoms with Gasteiger partial charge in [-0.05, 0) is 23.8 Å². The Bertz CT molecular complexity index is 1080. The first-order chi connectivity index (χ1) is 15.5. The van der Waals surface area contributed by atoms with E-state index in [2.05, 4.69) is 0 Å². The number of benzene rings is 2. The lowest BCUT2D eigenvalue weighted by Crippen LogP contribution is -2.71. The highest BCUT2D eigenvalue weighted by Gasteiger charge is 2.63. The molecule has 1 fully saturated rings. The molecule has 0 aliphatic carbocycles. The molecule has 1 saturated heterocycles. The fraction of sp³-hybridized carbons (Fsp3) is 0.238. The Morgan fingerprint density at radius 3 is 2.12 bits per heavy atom. The third-order valence-electron chi connectivity index (χ3n) is 4.91. The molecule has 1 heterocycles. The molecule has 0 bridgehead atoms. The van der Waals surface area contributed by atoms with Gasteiger partial charge in [0.05, 0.1) is 0 Å². The zero-order valence-corrected chi connectivity index (χ0v) is 16.6. The lowest BCUT2D eigenvalue weighted by molar-refractivity contribution is -0.296. The molecule has 0 aromatic heterocycles. The first kappa shape index (κ1) is 23.8. The summed E-state index contributed by atoms with van der Waals surface area (Å²) in [5.41, 5.74) is -2.94. The first-order valence-corrected chi connectivity index (χ1v) is 9.35. The number of carbonyl (C=O) groups is 2. The Morgan fingerprint density at radius 2 is 1.55 bits per heavy atom. The van der Waals surface area contributed by atoms with Crippen LogP contribution in [0.25, 0.3) is 6.08 Å². The Balaban J connectivity index is 1.95. The van der Waals surface area contributed by atoms with Crippen molar-refractivity contribution in [1.82, 2.24) is 0 Å². The molecular formula is C21H20O12. The molecule has 0 saturated carbocycles. The summed E-state index contributed by atoms with van der Waals surface area (Å²) < 4.78 is 10.4. The van der Waals surface area contributed by atoms with Crippen LogP contribution in [0.4, 0.5) is 0 Å². The van der Waals surface area contributed by atoms with E-state index in [4.69, 9.17) is 9.47 Å². The molecule has 12 nitrogen and oxygen atoms in total. The highest BCUT2D eigenvalue weighted by atomic mass is 16.7. The van der Waals surface area contributed by atoms with E-state index in [-0.39, 0.29) is 11.3 Å². The number of carboxylic acids is 1. The van der Waals surface area contributed by atoms with Gasteiger partial charge in [0.2, 0.25) is 12.1 Å². The minimum absolute atomic E-state index is 0.174. The van der Waals surface area contributed by atoms with E-state index in [0.29, 0.717) is 6.08 Å². The lowest BCUT2D eigenvalue weighted by Gasteiger charge is -2.44. The van der Waals surface area contributed by atoms with Crippen LogP contribution in [-0.4, -0.2) is 82.8 Å². The Labute approximate surface area is 185 Å². The number of hydrogen-bond donors (Lipinski definition) is 8. The van der Waals surface area contributed by atoms with Gasteiger partial charge in [-0.15, -0.1) is 0 Å². The number of ketones is 1. The Hall–Kier alpha value is -3.84. The summed E-state index contributed by atoms with van der Waals surface area (Å²) in [5, 5.41) is 78.5. The monoisotopic (exact) mass is 464 g/mol. The van der Waals surface area contributed by atoms with Crippen LogP contribution in [0, 0.1) is 0 Å². The number of aliphatic hydroxyl groups is 3. The van der Waals surface area contributed by atoms with Gasteiger partial charge in [-0.2, -0.15) is 0 Å². The molecule has 5 atom stereocenters. The van der Waals surface area contributed by atoms with Gasteiger partial charge in [0.15, 0.2) is 11.5 Å². The van der Waals surface area contributed by atoms with Gasteiger partial charge in [0.25, 0.3) is 5.60 Å². The predicted octanol–water partition coefficient (Wildman–Crippen LogP) is -0.567. The Morgan fingerprint density at radius 1 is 0.909 bits per heavy atom. The molecule has 12 heteroatoms. The van der Waals surface area contributed by atoms with Gasteiger partial charge in [-0.3, -0.25) is 4.79 Å². The average Bonchev–Trinajstić information content (AvgIpc) is 2.74. The van der Waals surface area contributed by atoms with Gasteiger partial charge in [-0.25, -0.2) is 4.79 Å². The molecule has 2 aromatic rings. The number of aliphatic carboxylic acids is 1. The van der Waals surface area contributed by atoms with Crippen molar-refractivity contribution in [2.45, 2.75) is 30.2 Å². The van der Waals surface area contributed by atoms with Crippen LogP contribution in [0.1, 0.15) is 5.56 Å². The molecule has 5 unspecified atom stereocenters. The molecule has 0 amide bonds. The average molecular weight is 464 g/mol. The van der Waals surface area contributed by atoms with Crippen LogP contribution in [0.5, 0.6) is 28.7 Å². The fourth-order valence-electron chi connectivity index (χ4n) is 3.20. The van der Waals surface area contributed by atoms with E-state index in [0.717, 1.165) is 36.4 Å². The maximum Gasteiger partial charge on any atom is 0.347 e. The Kier molecular flexibility index (Phi) is 6.46. The number of aromatic hydroxyl groups is 4. The van der Waals surface area contributed by atoms with Gasteiger partial charge >= 0.3 is 5.97 Å². The van der Waals surface area contributed by atoms with Gasteiger partial charge in [0.1, 0.15) is 35.6 Å². The van der Waals surface area contributed by atoms with Gasteiger partial charge in [0, 0.05) is 18.2 Å². The SMILES string of the molecule is O=C(O)C1(C(=O)C=Cc2ccc(O)c(O)c2)OC(Oc2cc(O)cc(O)c2)C(O)C(O)C1O. The first-order valence-electron chi connectivity index (χ1n) is 9.35. The summed E-state index contributed by atoms with van der Waals surface area (Å²) in [5.74, 6) is -5.49. The maximum atomic E-state index is 12.9. The summed E-state index contributed by atoms with van der Waals surface area (Å²) in [6.07, 6.45) is -6.92. The van der Waals surface area contributed by atoms with E-state index in [1.54, 1.807) is 0 Å². The number of aliphatic hydroxyl groups excluding tert-OH is 3. The third-order valence-corrected chi connectivity index (χ3v) is 4.91. The van der Waals surface area contributed by atoms with Crippen LogP contribution in [-0.2, 0) is 14.3 Å². The molecule has 1 aliphatic heterocycles. The second kappa shape index (κ2) is 8.96. The second-order valence-electron chi connectivity index (χ2n) is 7.20. The van der Waals surface area contributed by atoms with Gasteiger partial charge < -0.3 is 50.3 Å². The van der Waals surface area contributed by atoms with Crippen molar-refractivity contribution < 1.29 is 59.9 Å². The number of carbonyl (C=O) groups excluding carboxylic acids is 1. The minimum atomic E-state index is -3.11. The number of ether oxygens (including phenoxy) is 2. The zero-order valence-electron chi connectivity index (χ0n) is 16.6. The molecule has 3 rings (SSSR count). The van der Waals surface area contributed by atoms with Crippen molar-refractivity contribution in [2.24, 2.45) is 0 Å². The van der Waals surface area contributed by atoms with Crippen LogP contribution in [0.15, 0.2) is 42.5 Å². The van der Waals surface area contributed by atoms with E-state index < -0.39 is 65.0 Å². The molecular weight excluding hydrogens is 444 g/mol. The second-order valence-corrected chi connectivity index (χ2v) is 7.20. The number of hydrogen-bond acceptors (Lipinski definition) is 11. The topological polar surface area (TPSA) is 214 Å². The predicted molar refractivity (Wildman–Crippen MR) is 107 cm³/mol. The van der Waals surface area contributed by atoms with Crippen molar-refractivity contribution in [1.29, 1.82) is 0 Å². The lowest BCUT2D eigenvalue weighted by atomic mass is 9.83. The van der Waals surface area contributed by atoms with Crippen molar-refractivity contribution in [3.63, 3.8) is 0 Å². The third kappa shape index (κ3) is 4.54. The number of rotatable bonds is 6. The maximum absolute atomic E-state index is 12.9. The molecule has 8 N–H and O–H groups in total. The van der Waals surface area contributed by atoms with E-state index in [1.807, 2.05) is 0 Å². The van der Waals surface area contributed by atoms with Crippen LogP contribution < -0.4 is 4.74 Å². The molecule has 176 valence electrons. The van der Waals surface area contributed by atoms with Crippen molar-refractivity contribution in [3.05, 3.63) is 48.0 Å². The quantitative estimate of drug-likeness (QED) is 0.153. The van der Waals surface area contributed by atoms with E-state index >= 15 is 0 Å². The summed E-state index contributed by atoms with van der Waals surface area (Å²) >= 11 is 0.